The fourth-order valence-corrected chi connectivity index (χ4v) is 5.30. The van der Waals surface area contributed by atoms with Gasteiger partial charge in [-0.25, -0.2) is 4.18 Å². The Balaban J connectivity index is 2.61. The molecule has 6 unspecified atom stereocenters. The van der Waals surface area contributed by atoms with Crippen molar-refractivity contribution in [2.45, 2.75) is 153 Å². The van der Waals surface area contributed by atoms with E-state index in [2.05, 4.69) is 18.0 Å². The normalized spacial score (nSPS) is 23.6. The quantitative estimate of drug-likeness (QED) is 0.0619. The monoisotopic (exact) mass is 628 g/mol. The highest BCUT2D eigenvalue weighted by Crippen LogP contribution is 2.26. The molecule has 1 heterocycles. The molecule has 12 nitrogen and oxygen atoms in total. The number of unbranched alkanes of at least 4 members (excludes halogenated alkanes) is 13. The van der Waals surface area contributed by atoms with Crippen LogP contribution in [0, 0.1) is 0 Å². The van der Waals surface area contributed by atoms with Crippen LogP contribution in [0.25, 0.3) is 0 Å². The van der Waals surface area contributed by atoms with E-state index < -0.39 is 59.8 Å². The lowest BCUT2D eigenvalue weighted by atomic mass is 9.99. The molecule has 0 aromatic carbocycles. The summed E-state index contributed by atoms with van der Waals surface area (Å²) in [6.45, 7) is 3.86. The second-order valence-corrected chi connectivity index (χ2v) is 12.1. The summed E-state index contributed by atoms with van der Waals surface area (Å²) in [7, 11) is -5.04. The number of hydrogen-bond acceptors (Lipinski definition) is 11. The predicted octanol–water partition coefficient (Wildman–Crippen LogP) is 3.84. The molecule has 0 amide bonds. The zero-order valence-corrected chi connectivity index (χ0v) is 26.4. The Morgan fingerprint density at radius 3 is 1.90 bits per heavy atom. The maximum absolute atomic E-state index is 12.6. The van der Waals surface area contributed by atoms with E-state index in [4.69, 9.17) is 23.5 Å². The van der Waals surface area contributed by atoms with Crippen molar-refractivity contribution in [3.63, 3.8) is 0 Å². The molecule has 0 aliphatic carbocycles. The largest absolute Gasteiger partial charge is 0.457 e. The summed E-state index contributed by atoms with van der Waals surface area (Å²) < 4.78 is 58.2. The molecule has 0 bridgehead atoms. The van der Waals surface area contributed by atoms with Crippen molar-refractivity contribution in [2.24, 2.45) is 0 Å². The van der Waals surface area contributed by atoms with Crippen LogP contribution in [0.3, 0.4) is 0 Å². The summed E-state index contributed by atoms with van der Waals surface area (Å²) in [6.07, 6.45) is 7.67. The van der Waals surface area contributed by atoms with Crippen LogP contribution >= 0.6 is 0 Å². The Hall–Kier alpha value is -0.900. The van der Waals surface area contributed by atoms with Gasteiger partial charge in [-0.3, -0.25) is 9.35 Å². The number of carbonyl (C=O) groups excluding carboxylic acids is 1. The van der Waals surface area contributed by atoms with Gasteiger partial charge in [-0.1, -0.05) is 97.3 Å². The van der Waals surface area contributed by atoms with Crippen LogP contribution < -0.4 is 0 Å². The number of carbonyl (C=O) groups is 1. The molecule has 6 atom stereocenters. The van der Waals surface area contributed by atoms with E-state index in [1.54, 1.807) is 0 Å². The maximum atomic E-state index is 12.6. The molecular formula is C29H56O12S. The maximum Gasteiger partial charge on any atom is 0.397 e. The summed E-state index contributed by atoms with van der Waals surface area (Å²) in [5, 5.41) is 30.2. The van der Waals surface area contributed by atoms with Crippen molar-refractivity contribution in [2.75, 3.05) is 26.4 Å². The lowest BCUT2D eigenvalue weighted by molar-refractivity contribution is -0.301. The van der Waals surface area contributed by atoms with E-state index >= 15 is 0 Å². The molecule has 0 radical (unpaired) electrons. The van der Waals surface area contributed by atoms with Crippen molar-refractivity contribution in [1.29, 1.82) is 0 Å². The van der Waals surface area contributed by atoms with Crippen LogP contribution in [0.5, 0.6) is 0 Å². The summed E-state index contributed by atoms with van der Waals surface area (Å²) in [5.41, 5.74) is 0. The average molecular weight is 629 g/mol. The van der Waals surface area contributed by atoms with Crippen molar-refractivity contribution >= 4 is 16.4 Å². The number of ether oxygens (including phenoxy) is 4. The molecule has 1 aliphatic heterocycles. The molecular weight excluding hydrogens is 572 g/mol. The summed E-state index contributed by atoms with van der Waals surface area (Å²) in [4.78, 5) is 12.6. The Morgan fingerprint density at radius 2 is 1.36 bits per heavy atom. The minimum absolute atomic E-state index is 0.0400. The van der Waals surface area contributed by atoms with Crippen molar-refractivity contribution in [3.8, 4) is 0 Å². The van der Waals surface area contributed by atoms with Gasteiger partial charge in [0.1, 0.15) is 30.5 Å². The van der Waals surface area contributed by atoms with Crippen LogP contribution in [0.1, 0.15) is 117 Å². The van der Waals surface area contributed by atoms with Crippen LogP contribution in [-0.4, -0.2) is 97.5 Å². The van der Waals surface area contributed by atoms with Crippen LogP contribution in [-0.2, 0) is 38.3 Å². The van der Waals surface area contributed by atoms with Gasteiger partial charge in [-0.15, -0.1) is 0 Å². The van der Waals surface area contributed by atoms with Gasteiger partial charge in [0.05, 0.1) is 19.8 Å². The van der Waals surface area contributed by atoms with E-state index in [1.165, 1.54) is 51.4 Å². The van der Waals surface area contributed by atoms with E-state index in [1.807, 2.05) is 0 Å². The predicted molar refractivity (Wildman–Crippen MR) is 156 cm³/mol. The molecule has 1 saturated heterocycles. The molecule has 1 rings (SSSR count). The second kappa shape index (κ2) is 23.5. The van der Waals surface area contributed by atoms with Gasteiger partial charge in [0, 0.05) is 13.0 Å². The summed E-state index contributed by atoms with van der Waals surface area (Å²) in [6, 6.07) is 0. The van der Waals surface area contributed by atoms with Gasteiger partial charge in [0.2, 0.25) is 0 Å². The summed E-state index contributed by atoms with van der Waals surface area (Å²) >= 11 is 0. The Labute approximate surface area is 252 Å². The highest BCUT2D eigenvalue weighted by molar-refractivity contribution is 7.80. The molecule has 1 fully saturated rings. The first-order valence-corrected chi connectivity index (χ1v) is 17.2. The third-order valence-corrected chi connectivity index (χ3v) is 7.69. The first-order chi connectivity index (χ1) is 20.1. The molecule has 0 saturated carbocycles. The standard InChI is InChI=1S/C29H56O12S/c1-3-5-7-9-11-12-13-14-16-18-25(31)39-23(21-37-19-17-15-10-8-6-4-2)22-38-29-27(33)28(41-42(34,35)36)26(32)24(20-30)40-29/h23-24,26-30,32-33H,3-22H2,1-2H3,(H,34,35,36). The van der Waals surface area contributed by atoms with Gasteiger partial charge in [0.25, 0.3) is 0 Å². The highest BCUT2D eigenvalue weighted by atomic mass is 32.3. The average Bonchev–Trinajstić information content (AvgIpc) is 2.94. The Kier molecular flexibility index (Phi) is 21.9. The first kappa shape index (κ1) is 39.1. The molecule has 4 N–H and O–H groups in total. The number of aliphatic hydroxyl groups is 3. The molecule has 0 aromatic rings. The Morgan fingerprint density at radius 1 is 0.810 bits per heavy atom. The molecule has 1 aliphatic rings. The molecule has 13 heteroatoms. The fraction of sp³-hybridized carbons (Fsp3) is 0.966. The summed E-state index contributed by atoms with van der Waals surface area (Å²) in [5.74, 6) is -0.406. The lowest BCUT2D eigenvalue weighted by Crippen LogP contribution is -2.60. The van der Waals surface area contributed by atoms with Gasteiger partial charge in [-0.2, -0.15) is 8.42 Å². The molecule has 0 spiro atoms. The van der Waals surface area contributed by atoms with Crippen molar-refractivity contribution in [1.82, 2.24) is 0 Å². The number of hydrogen-bond donors (Lipinski definition) is 4. The van der Waals surface area contributed by atoms with E-state index in [-0.39, 0.29) is 19.6 Å². The molecule has 0 aromatic heterocycles. The van der Waals surface area contributed by atoms with Crippen LogP contribution in [0.15, 0.2) is 0 Å². The highest BCUT2D eigenvalue weighted by Gasteiger charge is 2.48. The fourth-order valence-electron chi connectivity index (χ4n) is 4.79. The first-order valence-electron chi connectivity index (χ1n) is 15.8. The zero-order chi connectivity index (χ0) is 31.2. The van der Waals surface area contributed by atoms with Crippen molar-refractivity contribution < 1.29 is 56.2 Å². The van der Waals surface area contributed by atoms with Gasteiger partial charge >= 0.3 is 16.4 Å². The number of rotatable bonds is 26. The van der Waals surface area contributed by atoms with Gasteiger partial charge < -0.3 is 34.3 Å². The third kappa shape index (κ3) is 18.0. The van der Waals surface area contributed by atoms with E-state index in [9.17, 15) is 28.5 Å². The third-order valence-electron chi connectivity index (χ3n) is 7.23. The molecule has 42 heavy (non-hydrogen) atoms. The minimum atomic E-state index is -5.04. The number of aliphatic hydroxyl groups excluding tert-OH is 3. The zero-order valence-electron chi connectivity index (χ0n) is 25.6. The van der Waals surface area contributed by atoms with Gasteiger partial charge in [-0.05, 0) is 12.8 Å². The van der Waals surface area contributed by atoms with Gasteiger partial charge in [0.15, 0.2) is 6.29 Å². The SMILES string of the molecule is CCCCCCCCCCCC(=O)OC(COCCCCCCCC)COC1OC(CO)C(O)C(OS(=O)(=O)O)C1O. The second-order valence-electron chi connectivity index (χ2n) is 11.1. The van der Waals surface area contributed by atoms with Crippen LogP contribution in [0.2, 0.25) is 0 Å². The van der Waals surface area contributed by atoms with Crippen molar-refractivity contribution in [3.05, 3.63) is 0 Å². The van der Waals surface area contributed by atoms with E-state index in [0.29, 0.717) is 13.0 Å². The number of esters is 1. The topological polar surface area (TPSA) is 178 Å². The van der Waals surface area contributed by atoms with Crippen LogP contribution in [0.4, 0.5) is 0 Å². The van der Waals surface area contributed by atoms with E-state index in [0.717, 1.165) is 38.5 Å². The Bertz CT molecular complexity index is 781. The smallest absolute Gasteiger partial charge is 0.397 e. The minimum Gasteiger partial charge on any atom is -0.457 e. The molecule has 250 valence electrons. The lowest BCUT2D eigenvalue weighted by Gasteiger charge is -2.41.